The lowest BCUT2D eigenvalue weighted by atomic mass is 10.3. The summed E-state index contributed by atoms with van der Waals surface area (Å²) >= 11 is 3.20. The molecule has 0 N–H and O–H groups in total. The van der Waals surface area contributed by atoms with Crippen LogP contribution in [0.25, 0.3) is 0 Å². The van der Waals surface area contributed by atoms with E-state index in [0.717, 1.165) is 6.42 Å². The number of halogens is 1. The lowest BCUT2D eigenvalue weighted by molar-refractivity contribution is -0.133. The van der Waals surface area contributed by atoms with Crippen LogP contribution in [0.4, 0.5) is 0 Å². The van der Waals surface area contributed by atoms with Gasteiger partial charge in [0.2, 0.25) is 0 Å². The zero-order valence-corrected chi connectivity index (χ0v) is 15.3. The van der Waals surface area contributed by atoms with Gasteiger partial charge in [-0.2, -0.15) is 0 Å². The zero-order chi connectivity index (χ0) is 17.6. The third kappa shape index (κ3) is 4.63. The lowest BCUT2D eigenvalue weighted by Gasteiger charge is -2.21. The number of carbonyl (C=O) groups excluding carboxylic acids is 2. The molecule has 3 rings (SSSR count). The van der Waals surface area contributed by atoms with Crippen molar-refractivity contribution < 1.29 is 18.7 Å². The maximum atomic E-state index is 12.4. The number of carbonyl (C=O) groups is 2. The van der Waals surface area contributed by atoms with Crippen LogP contribution in [0.15, 0.2) is 51.6 Å². The minimum Gasteiger partial charge on any atom is -0.484 e. The first-order valence-electron chi connectivity index (χ1n) is 8.14. The van der Waals surface area contributed by atoms with Gasteiger partial charge in [-0.25, -0.2) is 0 Å². The summed E-state index contributed by atoms with van der Waals surface area (Å²) in [6.07, 6.45) is 0.727. The Labute approximate surface area is 154 Å². The van der Waals surface area contributed by atoms with E-state index in [1.165, 1.54) is 0 Å². The lowest BCUT2D eigenvalue weighted by Crippen LogP contribution is -2.39. The molecule has 0 radical (unpaired) electrons. The molecule has 0 bridgehead atoms. The predicted molar refractivity (Wildman–Crippen MR) is 95.4 cm³/mol. The van der Waals surface area contributed by atoms with Gasteiger partial charge in [0.05, 0.1) is 0 Å². The van der Waals surface area contributed by atoms with Crippen LogP contribution < -0.4 is 4.74 Å². The molecule has 2 heterocycles. The van der Waals surface area contributed by atoms with Crippen molar-refractivity contribution >= 4 is 27.7 Å². The highest BCUT2D eigenvalue weighted by molar-refractivity contribution is 9.10. The fourth-order valence-corrected chi connectivity index (χ4v) is 3.01. The van der Waals surface area contributed by atoms with E-state index in [9.17, 15) is 9.59 Å². The van der Waals surface area contributed by atoms with Crippen LogP contribution in [0.1, 0.15) is 17.0 Å². The molecule has 0 saturated carbocycles. The second kappa shape index (κ2) is 8.20. The summed E-state index contributed by atoms with van der Waals surface area (Å²) < 4.78 is 11.4. The Balaban J connectivity index is 1.52. The predicted octanol–water partition coefficient (Wildman–Crippen LogP) is 2.80. The Morgan fingerprint density at radius 2 is 1.72 bits per heavy atom. The highest BCUT2D eigenvalue weighted by atomic mass is 79.9. The molecule has 0 spiro atoms. The number of amides is 2. The highest BCUT2D eigenvalue weighted by Crippen LogP contribution is 2.17. The number of furan rings is 1. The number of hydrogen-bond acceptors (Lipinski definition) is 4. The Morgan fingerprint density at radius 3 is 2.44 bits per heavy atom. The zero-order valence-electron chi connectivity index (χ0n) is 13.7. The Hall–Kier alpha value is -2.28. The number of hydrogen-bond donors (Lipinski definition) is 0. The molecule has 0 atom stereocenters. The molecule has 0 aliphatic carbocycles. The Kier molecular flexibility index (Phi) is 5.75. The summed E-state index contributed by atoms with van der Waals surface area (Å²) in [4.78, 5) is 28.2. The summed E-state index contributed by atoms with van der Waals surface area (Å²) in [5, 5.41) is 0. The van der Waals surface area contributed by atoms with Crippen LogP contribution in [0.5, 0.6) is 5.75 Å². The standard InChI is InChI=1S/C18H19BrN2O4/c19-16-8-7-15(25-16)18(23)21-10-4-9-20(11-12-21)17(22)13-24-14-5-2-1-3-6-14/h1-3,5-8H,4,9-13H2. The topological polar surface area (TPSA) is 63.0 Å². The van der Waals surface area contributed by atoms with E-state index in [1.807, 2.05) is 30.3 Å². The Bertz CT molecular complexity index is 732. The second-order valence-corrected chi connectivity index (χ2v) is 6.51. The van der Waals surface area contributed by atoms with E-state index in [-0.39, 0.29) is 18.4 Å². The fraction of sp³-hybridized carbons (Fsp3) is 0.333. The van der Waals surface area contributed by atoms with Crippen molar-refractivity contribution in [1.82, 2.24) is 9.80 Å². The summed E-state index contributed by atoms with van der Waals surface area (Å²) in [7, 11) is 0. The number of benzene rings is 1. The molecular formula is C18H19BrN2O4. The molecule has 25 heavy (non-hydrogen) atoms. The van der Waals surface area contributed by atoms with Crippen LogP contribution in [-0.2, 0) is 4.79 Å². The minimum atomic E-state index is -0.152. The third-order valence-corrected chi connectivity index (χ3v) is 4.45. The first kappa shape index (κ1) is 17.5. The molecule has 2 amide bonds. The summed E-state index contributed by atoms with van der Waals surface area (Å²) in [5.74, 6) is 0.754. The largest absolute Gasteiger partial charge is 0.484 e. The van der Waals surface area contributed by atoms with Gasteiger partial charge in [-0.15, -0.1) is 0 Å². The van der Waals surface area contributed by atoms with Crippen LogP contribution in [0.3, 0.4) is 0 Å². The van der Waals surface area contributed by atoms with Gasteiger partial charge in [-0.3, -0.25) is 9.59 Å². The normalized spacial score (nSPS) is 14.9. The quantitative estimate of drug-likeness (QED) is 0.782. The third-order valence-electron chi connectivity index (χ3n) is 4.03. The molecule has 1 aliphatic heterocycles. The smallest absolute Gasteiger partial charge is 0.289 e. The first-order chi connectivity index (χ1) is 12.1. The van der Waals surface area contributed by atoms with E-state index in [2.05, 4.69) is 15.9 Å². The van der Waals surface area contributed by atoms with E-state index >= 15 is 0 Å². The average molecular weight is 407 g/mol. The monoisotopic (exact) mass is 406 g/mol. The number of nitrogens with zero attached hydrogens (tertiary/aromatic N) is 2. The first-order valence-corrected chi connectivity index (χ1v) is 8.93. The fourth-order valence-electron chi connectivity index (χ4n) is 2.71. The van der Waals surface area contributed by atoms with Gasteiger partial charge in [0.25, 0.3) is 11.8 Å². The molecule has 1 aromatic carbocycles. The van der Waals surface area contributed by atoms with Crippen LogP contribution in [0.2, 0.25) is 0 Å². The molecule has 1 saturated heterocycles. The maximum absolute atomic E-state index is 12.4. The van der Waals surface area contributed by atoms with Crippen molar-refractivity contribution in [3.63, 3.8) is 0 Å². The van der Waals surface area contributed by atoms with E-state index in [1.54, 1.807) is 21.9 Å². The molecule has 132 valence electrons. The van der Waals surface area contributed by atoms with Crippen molar-refractivity contribution in [3.8, 4) is 5.75 Å². The van der Waals surface area contributed by atoms with Gasteiger partial charge in [0, 0.05) is 26.2 Å². The number of ether oxygens (including phenoxy) is 1. The minimum absolute atomic E-state index is 0.00307. The van der Waals surface area contributed by atoms with Crippen LogP contribution in [0, 0.1) is 0 Å². The summed E-state index contributed by atoms with van der Waals surface area (Å²) in [6, 6.07) is 12.6. The second-order valence-electron chi connectivity index (χ2n) is 5.73. The summed E-state index contributed by atoms with van der Waals surface area (Å²) in [6.45, 7) is 2.19. The van der Waals surface area contributed by atoms with Gasteiger partial charge in [-0.05, 0) is 46.6 Å². The Morgan fingerprint density at radius 1 is 1.00 bits per heavy atom. The molecule has 0 unspecified atom stereocenters. The van der Waals surface area contributed by atoms with Crippen LogP contribution in [-0.4, -0.2) is 54.4 Å². The molecule has 7 heteroatoms. The van der Waals surface area contributed by atoms with E-state index in [4.69, 9.17) is 9.15 Å². The molecule has 6 nitrogen and oxygen atoms in total. The van der Waals surface area contributed by atoms with Crippen molar-refractivity contribution in [3.05, 3.63) is 52.9 Å². The maximum Gasteiger partial charge on any atom is 0.289 e. The SMILES string of the molecule is O=C(COc1ccccc1)N1CCCN(C(=O)c2ccc(Br)o2)CC1. The molecular weight excluding hydrogens is 388 g/mol. The van der Waals surface area contributed by atoms with E-state index < -0.39 is 0 Å². The van der Waals surface area contributed by atoms with Gasteiger partial charge in [0.1, 0.15) is 5.75 Å². The van der Waals surface area contributed by atoms with E-state index in [0.29, 0.717) is 42.4 Å². The van der Waals surface area contributed by atoms with Crippen molar-refractivity contribution in [2.45, 2.75) is 6.42 Å². The van der Waals surface area contributed by atoms with Gasteiger partial charge < -0.3 is 19.0 Å². The number of rotatable bonds is 4. The highest BCUT2D eigenvalue weighted by Gasteiger charge is 2.24. The van der Waals surface area contributed by atoms with Crippen molar-refractivity contribution in [1.29, 1.82) is 0 Å². The molecule has 1 aliphatic rings. The molecule has 1 fully saturated rings. The van der Waals surface area contributed by atoms with Crippen LogP contribution >= 0.6 is 15.9 Å². The van der Waals surface area contributed by atoms with Gasteiger partial charge in [-0.1, -0.05) is 18.2 Å². The van der Waals surface area contributed by atoms with Gasteiger partial charge >= 0.3 is 0 Å². The van der Waals surface area contributed by atoms with Crippen molar-refractivity contribution in [2.24, 2.45) is 0 Å². The summed E-state index contributed by atoms with van der Waals surface area (Å²) in [5.41, 5.74) is 0. The van der Waals surface area contributed by atoms with Crippen molar-refractivity contribution in [2.75, 3.05) is 32.8 Å². The number of para-hydroxylation sites is 1. The van der Waals surface area contributed by atoms with Gasteiger partial charge in [0.15, 0.2) is 17.0 Å². The molecule has 2 aromatic rings. The average Bonchev–Trinajstić information content (AvgIpc) is 2.92. The molecule has 1 aromatic heterocycles.